The lowest BCUT2D eigenvalue weighted by atomic mass is 9.60. The Bertz CT molecular complexity index is 1370. The lowest BCUT2D eigenvalue weighted by Gasteiger charge is -2.44. The van der Waals surface area contributed by atoms with Gasteiger partial charge in [-0.3, -0.25) is 0 Å². The molecule has 3 aliphatic carbocycles. The van der Waals surface area contributed by atoms with Crippen LogP contribution in [0.2, 0.25) is 0 Å². The van der Waals surface area contributed by atoms with Crippen molar-refractivity contribution in [3.8, 4) is 11.5 Å². The van der Waals surface area contributed by atoms with Gasteiger partial charge in [0.2, 0.25) is 0 Å². The van der Waals surface area contributed by atoms with Crippen LogP contribution in [-0.2, 0) is 5.41 Å². The fourth-order valence-corrected chi connectivity index (χ4v) is 8.33. The molecule has 0 amide bonds. The third-order valence-electron chi connectivity index (χ3n) is 9.36. The Kier molecular flexibility index (Phi) is 3.78. The molecule has 32 heavy (non-hydrogen) atoms. The molecule has 5 unspecified atom stereocenters. The van der Waals surface area contributed by atoms with Crippen LogP contribution < -0.4 is 0 Å². The number of hydrogen-bond donors (Lipinski definition) is 2. The lowest BCUT2D eigenvalue weighted by Crippen LogP contribution is -2.39. The highest BCUT2D eigenvalue weighted by Gasteiger charge is 2.63. The molecular weight excluding hydrogens is 392 g/mol. The number of rotatable bonds is 2. The fourth-order valence-electron chi connectivity index (χ4n) is 8.33. The van der Waals surface area contributed by atoms with Gasteiger partial charge in [0.05, 0.1) is 0 Å². The second kappa shape index (κ2) is 6.51. The molecule has 5 atom stereocenters. The lowest BCUT2D eigenvalue weighted by molar-refractivity contribution is 0.186. The molecule has 2 N–H and O–H groups in total. The molecule has 7 rings (SSSR count). The number of phenols is 2. The van der Waals surface area contributed by atoms with E-state index in [0.29, 0.717) is 35.2 Å². The molecule has 2 nitrogen and oxygen atoms in total. The van der Waals surface area contributed by atoms with Gasteiger partial charge in [0.25, 0.3) is 0 Å². The van der Waals surface area contributed by atoms with Gasteiger partial charge in [-0.05, 0) is 83.4 Å². The maximum atomic E-state index is 10.5. The smallest absolute Gasteiger partial charge is 0.123 e. The molecule has 0 aromatic heterocycles. The fraction of sp³-hybridized carbons (Fsp3) is 0.333. The van der Waals surface area contributed by atoms with Gasteiger partial charge in [-0.25, -0.2) is 0 Å². The Balaban J connectivity index is 1.36. The highest BCUT2D eigenvalue weighted by atomic mass is 16.3. The Labute approximate surface area is 188 Å². The minimum atomic E-state index is 0.251. The summed E-state index contributed by atoms with van der Waals surface area (Å²) in [5.74, 6) is 3.44. The van der Waals surface area contributed by atoms with E-state index in [2.05, 4.69) is 42.5 Å². The average molecular weight is 421 g/mol. The first kappa shape index (κ1) is 18.6. The zero-order chi connectivity index (χ0) is 21.4. The van der Waals surface area contributed by atoms with Crippen molar-refractivity contribution in [2.24, 2.45) is 17.8 Å². The van der Waals surface area contributed by atoms with Crippen molar-refractivity contribution in [1.29, 1.82) is 0 Å². The van der Waals surface area contributed by atoms with Gasteiger partial charge in [0, 0.05) is 16.2 Å². The normalized spacial score (nSPS) is 30.9. The van der Waals surface area contributed by atoms with Crippen LogP contribution in [0, 0.1) is 17.8 Å². The highest BCUT2D eigenvalue weighted by Crippen LogP contribution is 2.71. The van der Waals surface area contributed by atoms with Crippen LogP contribution in [0.15, 0.2) is 72.8 Å². The second-order valence-electron chi connectivity index (χ2n) is 10.4. The minimum absolute atomic E-state index is 0.251. The molecule has 0 heterocycles. The minimum Gasteiger partial charge on any atom is -0.507 e. The molecule has 0 aliphatic heterocycles. The van der Waals surface area contributed by atoms with Gasteiger partial charge >= 0.3 is 0 Å². The maximum Gasteiger partial charge on any atom is 0.123 e. The molecule has 0 radical (unpaired) electrons. The summed E-state index contributed by atoms with van der Waals surface area (Å²) in [6.07, 6.45) is 6.42. The summed E-state index contributed by atoms with van der Waals surface area (Å²) < 4.78 is 0. The number of benzene rings is 4. The van der Waals surface area contributed by atoms with Gasteiger partial charge in [-0.2, -0.15) is 0 Å². The summed E-state index contributed by atoms with van der Waals surface area (Å²) in [5.41, 5.74) is 3.16. The van der Waals surface area contributed by atoms with E-state index < -0.39 is 0 Å². The molecule has 4 aromatic carbocycles. The largest absolute Gasteiger partial charge is 0.507 e. The monoisotopic (exact) mass is 420 g/mol. The zero-order valence-corrected chi connectivity index (χ0v) is 18.2. The predicted octanol–water partition coefficient (Wildman–Crippen LogP) is 7.27. The second-order valence-corrected chi connectivity index (χ2v) is 10.4. The first-order valence-electron chi connectivity index (χ1n) is 12.1. The van der Waals surface area contributed by atoms with Gasteiger partial charge in [0.1, 0.15) is 11.5 Å². The third-order valence-corrected chi connectivity index (χ3v) is 9.36. The molecule has 3 aliphatic rings. The summed E-state index contributed by atoms with van der Waals surface area (Å²) in [5, 5.41) is 25.4. The van der Waals surface area contributed by atoms with Crippen molar-refractivity contribution in [3.05, 3.63) is 83.9 Å². The number of phenolic OH excluding ortho intramolecular Hbond substituents is 2. The van der Waals surface area contributed by atoms with Crippen molar-refractivity contribution >= 4 is 21.5 Å². The first-order chi connectivity index (χ1) is 15.7. The quantitative estimate of drug-likeness (QED) is 0.358. The van der Waals surface area contributed by atoms with Crippen molar-refractivity contribution in [2.45, 2.75) is 43.4 Å². The van der Waals surface area contributed by atoms with E-state index in [1.165, 1.54) is 54.0 Å². The maximum absolute atomic E-state index is 10.5. The molecule has 0 saturated heterocycles. The van der Waals surface area contributed by atoms with Gasteiger partial charge in [-0.1, -0.05) is 67.1 Å². The van der Waals surface area contributed by atoms with Crippen molar-refractivity contribution in [1.82, 2.24) is 0 Å². The molecule has 2 bridgehead atoms. The van der Waals surface area contributed by atoms with Crippen LogP contribution >= 0.6 is 0 Å². The van der Waals surface area contributed by atoms with Crippen molar-refractivity contribution in [2.75, 3.05) is 0 Å². The van der Waals surface area contributed by atoms with Crippen molar-refractivity contribution in [3.63, 3.8) is 0 Å². The molecule has 0 spiro atoms. The van der Waals surface area contributed by atoms with Gasteiger partial charge in [-0.15, -0.1) is 0 Å². The first-order valence-corrected chi connectivity index (χ1v) is 12.1. The standard InChI is InChI=1S/C30H28O2/c31-28-13-11-20(19-6-1-3-8-22(19)28)24-16-18-17-25(24)26-10-5-15-30(18,26)27-12-14-29(32)23-9-4-2-7-21(23)27/h1-4,6-9,11-14,18,24-26,31-32H,5,10,15-17H2. The van der Waals surface area contributed by atoms with E-state index in [1.54, 1.807) is 0 Å². The van der Waals surface area contributed by atoms with Crippen LogP contribution in [0.1, 0.15) is 49.1 Å². The van der Waals surface area contributed by atoms with Gasteiger partial charge < -0.3 is 10.2 Å². The van der Waals surface area contributed by atoms with E-state index in [0.717, 1.165) is 10.8 Å². The van der Waals surface area contributed by atoms with Crippen LogP contribution in [-0.4, -0.2) is 10.2 Å². The molecule has 3 saturated carbocycles. The van der Waals surface area contributed by atoms with E-state index >= 15 is 0 Å². The molecule has 2 heteroatoms. The van der Waals surface area contributed by atoms with E-state index in [9.17, 15) is 10.2 Å². The van der Waals surface area contributed by atoms with E-state index in [4.69, 9.17) is 0 Å². The van der Waals surface area contributed by atoms with E-state index in [-0.39, 0.29) is 5.41 Å². The Hall–Kier alpha value is -3.00. The number of fused-ring (bicyclic) bond motifs is 7. The molecule has 3 fully saturated rings. The zero-order valence-electron chi connectivity index (χ0n) is 18.2. The summed E-state index contributed by atoms with van der Waals surface area (Å²) >= 11 is 0. The summed E-state index contributed by atoms with van der Waals surface area (Å²) in [7, 11) is 0. The highest BCUT2D eigenvalue weighted by molar-refractivity contribution is 5.92. The number of hydrogen-bond acceptors (Lipinski definition) is 2. The molecular formula is C30H28O2. The Morgan fingerprint density at radius 2 is 1.34 bits per heavy atom. The third kappa shape index (κ3) is 2.25. The topological polar surface area (TPSA) is 40.5 Å². The molecule has 160 valence electrons. The van der Waals surface area contributed by atoms with Gasteiger partial charge in [0.15, 0.2) is 0 Å². The van der Waals surface area contributed by atoms with Crippen LogP contribution in [0.3, 0.4) is 0 Å². The number of aromatic hydroxyl groups is 2. The Morgan fingerprint density at radius 3 is 2.12 bits per heavy atom. The summed E-state index contributed by atoms with van der Waals surface area (Å²) in [6, 6.07) is 25.0. The van der Waals surface area contributed by atoms with Crippen molar-refractivity contribution < 1.29 is 10.2 Å². The van der Waals surface area contributed by atoms with Crippen LogP contribution in [0.4, 0.5) is 0 Å². The summed E-state index contributed by atoms with van der Waals surface area (Å²) in [6.45, 7) is 0. The Morgan fingerprint density at radius 1 is 0.688 bits per heavy atom. The van der Waals surface area contributed by atoms with Crippen LogP contribution in [0.25, 0.3) is 21.5 Å². The molecule has 4 aromatic rings. The van der Waals surface area contributed by atoms with Crippen LogP contribution in [0.5, 0.6) is 11.5 Å². The van der Waals surface area contributed by atoms with E-state index in [1.807, 2.05) is 30.3 Å². The average Bonchev–Trinajstić information content (AvgIpc) is 3.52. The summed E-state index contributed by atoms with van der Waals surface area (Å²) in [4.78, 5) is 0. The predicted molar refractivity (Wildman–Crippen MR) is 129 cm³/mol. The SMILES string of the molecule is Oc1ccc(C2CC3CC2C2CCCC32c2ccc(O)c3ccccc23)c2ccccc12.